The van der Waals surface area contributed by atoms with Gasteiger partial charge < -0.3 is 10.7 Å². The third-order valence-electron chi connectivity index (χ3n) is 2.05. The fourth-order valence-corrected chi connectivity index (χ4v) is 1.68. The molecule has 1 aromatic rings. The number of nitrogens with one attached hydrogen (secondary N) is 1. The predicted octanol–water partition coefficient (Wildman–Crippen LogP) is 1.68. The third kappa shape index (κ3) is 1.99. The number of nitrogens with zero attached hydrogens (tertiary/aromatic N) is 1. The van der Waals surface area contributed by atoms with E-state index in [4.69, 9.17) is 11.0 Å². The number of hydrogen-bond acceptors (Lipinski definition) is 3. The van der Waals surface area contributed by atoms with Crippen LogP contribution >= 0.6 is 11.8 Å². The highest BCUT2D eigenvalue weighted by atomic mass is 32.2. The predicted molar refractivity (Wildman–Crippen MR) is 56.7 cm³/mol. The maximum Gasteiger partial charge on any atom is 0.119 e. The van der Waals surface area contributed by atoms with Crippen molar-refractivity contribution in [3.63, 3.8) is 0 Å². The van der Waals surface area contributed by atoms with E-state index in [1.165, 1.54) is 0 Å². The Morgan fingerprint density at radius 2 is 2.31 bits per heavy atom. The average molecular weight is 195 g/mol. The van der Waals surface area contributed by atoms with Gasteiger partial charge in [-0.05, 0) is 30.9 Å². The van der Waals surface area contributed by atoms with Gasteiger partial charge in [0.25, 0.3) is 0 Å². The van der Waals surface area contributed by atoms with Gasteiger partial charge in [-0.25, -0.2) is 0 Å². The zero-order valence-corrected chi connectivity index (χ0v) is 8.66. The summed E-state index contributed by atoms with van der Waals surface area (Å²) in [7, 11) is 0. The second-order valence-corrected chi connectivity index (χ2v) is 3.86. The molecule has 0 aromatic carbocycles. The molecule has 1 heterocycles. The number of rotatable bonds is 3. The molecule has 0 aliphatic rings. The van der Waals surface area contributed by atoms with Crippen LogP contribution in [-0.4, -0.2) is 17.0 Å². The summed E-state index contributed by atoms with van der Waals surface area (Å²) in [4.78, 5) is 3.04. The molecule has 1 rings (SSSR count). The van der Waals surface area contributed by atoms with Crippen LogP contribution in [-0.2, 0) is 6.42 Å². The molecule has 0 radical (unpaired) electrons. The molecule has 3 N–H and O–H groups in total. The first kappa shape index (κ1) is 10.0. The first-order valence-corrected chi connectivity index (χ1v) is 5.46. The van der Waals surface area contributed by atoms with Gasteiger partial charge in [0.2, 0.25) is 0 Å². The van der Waals surface area contributed by atoms with E-state index in [0.717, 1.165) is 23.4 Å². The number of aryl methyl sites for hydroxylation is 1. The van der Waals surface area contributed by atoms with E-state index < -0.39 is 0 Å². The Hall–Kier alpha value is -1.08. The molecule has 0 aliphatic heterocycles. The van der Waals surface area contributed by atoms with Crippen molar-refractivity contribution in [3.8, 4) is 6.07 Å². The van der Waals surface area contributed by atoms with Crippen LogP contribution in [0.4, 0.5) is 5.82 Å². The molecule has 0 saturated carbocycles. The van der Waals surface area contributed by atoms with Crippen molar-refractivity contribution in [1.82, 2.24) is 4.98 Å². The minimum absolute atomic E-state index is 0.496. The Morgan fingerprint density at radius 3 is 2.77 bits per heavy atom. The van der Waals surface area contributed by atoms with Gasteiger partial charge in [0.15, 0.2) is 0 Å². The van der Waals surface area contributed by atoms with Gasteiger partial charge >= 0.3 is 0 Å². The molecule has 0 atom stereocenters. The van der Waals surface area contributed by atoms with Crippen LogP contribution in [0, 0.1) is 18.3 Å². The van der Waals surface area contributed by atoms with E-state index in [0.29, 0.717) is 11.4 Å². The number of nitriles is 1. The topological polar surface area (TPSA) is 65.6 Å². The summed E-state index contributed by atoms with van der Waals surface area (Å²) in [6, 6.07) is 2.10. The molecule has 13 heavy (non-hydrogen) atoms. The molecule has 4 heteroatoms. The Balaban J connectivity index is 2.92. The lowest BCUT2D eigenvalue weighted by Gasteiger charge is -1.96. The van der Waals surface area contributed by atoms with E-state index in [1.54, 1.807) is 11.8 Å². The molecule has 0 spiro atoms. The van der Waals surface area contributed by atoms with E-state index >= 15 is 0 Å². The molecule has 1 aromatic heterocycles. The van der Waals surface area contributed by atoms with Gasteiger partial charge in [-0.15, -0.1) is 0 Å². The van der Waals surface area contributed by atoms with Crippen LogP contribution in [0.25, 0.3) is 0 Å². The lowest BCUT2D eigenvalue weighted by Crippen LogP contribution is -1.91. The van der Waals surface area contributed by atoms with Crippen molar-refractivity contribution in [3.05, 3.63) is 16.8 Å². The minimum Gasteiger partial charge on any atom is -0.384 e. The molecule has 0 bridgehead atoms. The number of H-pyrrole nitrogens is 1. The van der Waals surface area contributed by atoms with Crippen LogP contribution in [0.2, 0.25) is 0 Å². The summed E-state index contributed by atoms with van der Waals surface area (Å²) in [6.45, 7) is 1.93. The van der Waals surface area contributed by atoms with E-state index in [1.807, 2.05) is 6.92 Å². The second kappa shape index (κ2) is 4.24. The highest BCUT2D eigenvalue weighted by molar-refractivity contribution is 7.98. The van der Waals surface area contributed by atoms with Crippen molar-refractivity contribution >= 4 is 17.6 Å². The van der Waals surface area contributed by atoms with Crippen molar-refractivity contribution in [2.75, 3.05) is 17.7 Å². The Bertz CT molecular complexity index is 335. The molecule has 70 valence electrons. The number of nitrogen functional groups attached to an aromatic ring is 1. The number of nitrogens with two attached hydrogens (primary N) is 1. The first-order valence-electron chi connectivity index (χ1n) is 4.06. The first-order chi connectivity index (χ1) is 6.20. The van der Waals surface area contributed by atoms with E-state index in [-0.39, 0.29) is 0 Å². The molecule has 0 unspecified atom stereocenters. The van der Waals surface area contributed by atoms with Crippen LogP contribution in [0.15, 0.2) is 0 Å². The number of aromatic nitrogens is 1. The van der Waals surface area contributed by atoms with Crippen molar-refractivity contribution in [2.45, 2.75) is 13.3 Å². The summed E-state index contributed by atoms with van der Waals surface area (Å²) in [5.41, 5.74) is 8.31. The summed E-state index contributed by atoms with van der Waals surface area (Å²) >= 11 is 1.78. The Kier molecular flexibility index (Phi) is 3.26. The summed E-state index contributed by atoms with van der Waals surface area (Å²) < 4.78 is 0. The molecule has 3 nitrogen and oxygen atoms in total. The molecule has 0 saturated heterocycles. The third-order valence-corrected chi connectivity index (χ3v) is 2.66. The fraction of sp³-hybridized carbons (Fsp3) is 0.444. The fourth-order valence-electron chi connectivity index (χ4n) is 1.27. The quantitative estimate of drug-likeness (QED) is 0.771. The number of anilines is 1. The SMILES string of the molecule is CSCCc1[nH]c(N)c(C#N)c1C. The van der Waals surface area contributed by atoms with Crippen molar-refractivity contribution in [1.29, 1.82) is 5.26 Å². The van der Waals surface area contributed by atoms with E-state index in [2.05, 4.69) is 17.3 Å². The van der Waals surface area contributed by atoms with Gasteiger partial charge in [-0.1, -0.05) is 0 Å². The van der Waals surface area contributed by atoms with Gasteiger partial charge in [-0.3, -0.25) is 0 Å². The summed E-state index contributed by atoms with van der Waals surface area (Å²) in [5.74, 6) is 1.54. The smallest absolute Gasteiger partial charge is 0.119 e. The Morgan fingerprint density at radius 1 is 1.62 bits per heavy atom. The number of aromatic amines is 1. The maximum atomic E-state index is 8.78. The second-order valence-electron chi connectivity index (χ2n) is 2.87. The van der Waals surface area contributed by atoms with Crippen LogP contribution in [0.1, 0.15) is 16.8 Å². The van der Waals surface area contributed by atoms with Crippen molar-refractivity contribution in [2.24, 2.45) is 0 Å². The van der Waals surface area contributed by atoms with Crippen LogP contribution < -0.4 is 5.73 Å². The Labute approximate surface area is 82.3 Å². The van der Waals surface area contributed by atoms with Gasteiger partial charge in [-0.2, -0.15) is 17.0 Å². The molecule has 0 aliphatic carbocycles. The molecular formula is C9H13N3S. The number of thioether (sulfide) groups is 1. The standard InChI is InChI=1S/C9H13N3S/c1-6-7(5-10)9(11)12-8(6)3-4-13-2/h12H,3-4,11H2,1-2H3. The largest absolute Gasteiger partial charge is 0.384 e. The zero-order valence-electron chi connectivity index (χ0n) is 7.85. The van der Waals surface area contributed by atoms with Gasteiger partial charge in [0, 0.05) is 5.69 Å². The highest BCUT2D eigenvalue weighted by Crippen LogP contribution is 2.20. The van der Waals surface area contributed by atoms with Gasteiger partial charge in [0.1, 0.15) is 11.9 Å². The van der Waals surface area contributed by atoms with E-state index in [9.17, 15) is 0 Å². The molecular weight excluding hydrogens is 182 g/mol. The highest BCUT2D eigenvalue weighted by Gasteiger charge is 2.10. The van der Waals surface area contributed by atoms with Gasteiger partial charge in [0.05, 0.1) is 5.56 Å². The summed E-state index contributed by atoms with van der Waals surface area (Å²) in [6.07, 6.45) is 3.01. The maximum absolute atomic E-state index is 8.78. The van der Waals surface area contributed by atoms with Crippen LogP contribution in [0.3, 0.4) is 0 Å². The average Bonchev–Trinajstić information content (AvgIpc) is 2.38. The summed E-state index contributed by atoms with van der Waals surface area (Å²) in [5, 5.41) is 8.78. The lowest BCUT2D eigenvalue weighted by molar-refractivity contribution is 1.06. The molecule has 0 amide bonds. The number of hydrogen-bond donors (Lipinski definition) is 2. The zero-order chi connectivity index (χ0) is 9.84. The lowest BCUT2D eigenvalue weighted by atomic mass is 10.1. The molecule has 0 fully saturated rings. The van der Waals surface area contributed by atoms with Crippen LogP contribution in [0.5, 0.6) is 0 Å². The minimum atomic E-state index is 0.496. The van der Waals surface area contributed by atoms with Crippen molar-refractivity contribution < 1.29 is 0 Å². The normalized spacial score (nSPS) is 9.92. The monoisotopic (exact) mass is 195 g/mol.